The minimum atomic E-state index is -0.457. The molecule has 2 rings (SSSR count). The molecule has 0 bridgehead atoms. The topological polar surface area (TPSA) is 67.4 Å². The van der Waals surface area contributed by atoms with Gasteiger partial charge >= 0.3 is 0 Å². The Morgan fingerprint density at radius 2 is 1.67 bits per heavy atom. The Morgan fingerprint density at radius 1 is 1.04 bits per heavy atom. The molecule has 0 aromatic heterocycles. The van der Waals surface area contributed by atoms with Crippen molar-refractivity contribution in [2.45, 2.75) is 13.3 Å². The van der Waals surface area contributed by atoms with E-state index in [-0.39, 0.29) is 6.42 Å². The molecule has 126 valence electrons. The number of aryl methyl sites for hydroxylation is 1. The van der Waals surface area contributed by atoms with Gasteiger partial charge in [-0.15, -0.1) is 0 Å². The smallest absolute Gasteiger partial charge is 0.233 e. The predicted octanol–water partition coefficient (Wildman–Crippen LogP) is 4.28. The van der Waals surface area contributed by atoms with E-state index in [0.29, 0.717) is 27.2 Å². The number of amides is 2. The van der Waals surface area contributed by atoms with E-state index in [1.165, 1.54) is 7.11 Å². The molecule has 0 aliphatic heterocycles. The highest BCUT2D eigenvalue weighted by molar-refractivity contribution is 6.31. The second-order valence-electron chi connectivity index (χ2n) is 5.08. The number of halogens is 2. The van der Waals surface area contributed by atoms with Gasteiger partial charge in [-0.3, -0.25) is 9.59 Å². The summed E-state index contributed by atoms with van der Waals surface area (Å²) in [6, 6.07) is 9.92. The summed E-state index contributed by atoms with van der Waals surface area (Å²) in [5, 5.41) is 6.37. The van der Waals surface area contributed by atoms with E-state index in [0.717, 1.165) is 5.56 Å². The fraction of sp³-hybridized carbons (Fsp3) is 0.176. The number of ether oxygens (including phenoxy) is 1. The van der Waals surface area contributed by atoms with Crippen LogP contribution in [0.4, 0.5) is 11.4 Å². The maximum absolute atomic E-state index is 12.0. The molecule has 0 saturated heterocycles. The van der Waals surface area contributed by atoms with Crippen molar-refractivity contribution < 1.29 is 14.3 Å². The average molecular weight is 367 g/mol. The Balaban J connectivity index is 1.99. The molecule has 0 heterocycles. The van der Waals surface area contributed by atoms with E-state index in [2.05, 4.69) is 10.6 Å². The summed E-state index contributed by atoms with van der Waals surface area (Å²) in [5.74, 6) is -0.460. The van der Waals surface area contributed by atoms with Crippen LogP contribution in [0.25, 0.3) is 0 Å². The summed E-state index contributed by atoms with van der Waals surface area (Å²) in [6.07, 6.45) is -0.326. The summed E-state index contributed by atoms with van der Waals surface area (Å²) in [5.41, 5.74) is 1.82. The van der Waals surface area contributed by atoms with Crippen LogP contribution >= 0.6 is 23.2 Å². The molecule has 0 spiro atoms. The number of carbonyl (C=O) groups excluding carboxylic acids is 2. The molecular weight excluding hydrogens is 351 g/mol. The van der Waals surface area contributed by atoms with Gasteiger partial charge in [-0.1, -0.05) is 23.2 Å². The molecule has 7 heteroatoms. The summed E-state index contributed by atoms with van der Waals surface area (Å²) in [6.45, 7) is 1.81. The number of nitrogens with one attached hydrogen (secondary N) is 2. The third-order valence-corrected chi connectivity index (χ3v) is 3.86. The van der Waals surface area contributed by atoms with E-state index < -0.39 is 11.8 Å². The van der Waals surface area contributed by atoms with Crippen molar-refractivity contribution in [1.29, 1.82) is 0 Å². The zero-order valence-electron chi connectivity index (χ0n) is 13.2. The lowest BCUT2D eigenvalue weighted by molar-refractivity contribution is -0.123. The lowest BCUT2D eigenvalue weighted by atomic mass is 10.2. The SMILES string of the molecule is COc1cc(Cl)c(C)cc1NC(=O)CC(=O)Nc1ccc(Cl)cc1. The minimum absolute atomic E-state index is 0.326. The van der Waals surface area contributed by atoms with Crippen molar-refractivity contribution in [3.63, 3.8) is 0 Å². The molecule has 2 aromatic rings. The summed E-state index contributed by atoms with van der Waals surface area (Å²) in [4.78, 5) is 24.0. The molecule has 0 fully saturated rings. The fourth-order valence-corrected chi connectivity index (χ4v) is 2.29. The van der Waals surface area contributed by atoms with Crippen LogP contribution in [0.3, 0.4) is 0 Å². The highest BCUT2D eigenvalue weighted by Crippen LogP contribution is 2.31. The first-order valence-corrected chi connectivity index (χ1v) is 7.84. The second-order valence-corrected chi connectivity index (χ2v) is 5.93. The molecule has 0 aliphatic carbocycles. The minimum Gasteiger partial charge on any atom is -0.495 e. The normalized spacial score (nSPS) is 10.2. The molecule has 24 heavy (non-hydrogen) atoms. The molecule has 2 amide bonds. The molecule has 0 unspecified atom stereocenters. The van der Waals surface area contributed by atoms with Gasteiger partial charge in [-0.05, 0) is 42.8 Å². The van der Waals surface area contributed by atoms with Crippen molar-refractivity contribution in [3.05, 3.63) is 52.0 Å². The van der Waals surface area contributed by atoms with Gasteiger partial charge in [-0.2, -0.15) is 0 Å². The maximum Gasteiger partial charge on any atom is 0.233 e. The third kappa shape index (κ3) is 4.88. The summed E-state index contributed by atoms with van der Waals surface area (Å²) < 4.78 is 5.18. The van der Waals surface area contributed by atoms with Crippen LogP contribution in [0.2, 0.25) is 10.0 Å². The Labute approximate surface area is 149 Å². The third-order valence-electron chi connectivity index (χ3n) is 3.20. The zero-order chi connectivity index (χ0) is 17.7. The van der Waals surface area contributed by atoms with Crippen molar-refractivity contribution in [2.24, 2.45) is 0 Å². The average Bonchev–Trinajstić information content (AvgIpc) is 2.52. The van der Waals surface area contributed by atoms with Gasteiger partial charge in [0.05, 0.1) is 12.8 Å². The van der Waals surface area contributed by atoms with E-state index in [1.807, 2.05) is 6.92 Å². The van der Waals surface area contributed by atoms with Crippen LogP contribution in [0.1, 0.15) is 12.0 Å². The summed E-state index contributed by atoms with van der Waals surface area (Å²) >= 11 is 11.8. The lowest BCUT2D eigenvalue weighted by Gasteiger charge is -2.12. The molecular formula is C17H16Cl2N2O3. The number of methoxy groups -OCH3 is 1. The number of benzene rings is 2. The quantitative estimate of drug-likeness (QED) is 0.776. The monoisotopic (exact) mass is 366 g/mol. The van der Waals surface area contributed by atoms with Gasteiger partial charge in [0, 0.05) is 21.8 Å². The van der Waals surface area contributed by atoms with Gasteiger partial charge in [0.1, 0.15) is 12.2 Å². The molecule has 2 N–H and O–H groups in total. The van der Waals surface area contributed by atoms with Crippen LogP contribution in [0.5, 0.6) is 5.75 Å². The highest BCUT2D eigenvalue weighted by atomic mass is 35.5. The van der Waals surface area contributed by atoms with Crippen LogP contribution in [-0.2, 0) is 9.59 Å². The zero-order valence-corrected chi connectivity index (χ0v) is 14.7. The van der Waals surface area contributed by atoms with Crippen molar-refractivity contribution in [3.8, 4) is 5.75 Å². The lowest BCUT2D eigenvalue weighted by Crippen LogP contribution is -2.21. The van der Waals surface area contributed by atoms with Crippen LogP contribution < -0.4 is 15.4 Å². The fourth-order valence-electron chi connectivity index (χ4n) is 2.01. The molecule has 0 aliphatic rings. The van der Waals surface area contributed by atoms with Gasteiger partial charge < -0.3 is 15.4 Å². The first kappa shape index (κ1) is 18.1. The highest BCUT2D eigenvalue weighted by Gasteiger charge is 2.14. The van der Waals surface area contributed by atoms with Crippen LogP contribution in [0, 0.1) is 6.92 Å². The van der Waals surface area contributed by atoms with Crippen molar-refractivity contribution in [2.75, 3.05) is 17.7 Å². The maximum atomic E-state index is 12.0. The number of carbonyl (C=O) groups is 2. The van der Waals surface area contributed by atoms with Gasteiger partial charge in [-0.25, -0.2) is 0 Å². The summed E-state index contributed by atoms with van der Waals surface area (Å²) in [7, 11) is 1.48. The van der Waals surface area contributed by atoms with E-state index in [4.69, 9.17) is 27.9 Å². The van der Waals surface area contributed by atoms with Crippen molar-refractivity contribution >= 4 is 46.4 Å². The second kappa shape index (κ2) is 8.04. The number of rotatable bonds is 5. The molecule has 0 atom stereocenters. The van der Waals surface area contributed by atoms with Gasteiger partial charge in [0.15, 0.2) is 0 Å². The Morgan fingerprint density at radius 3 is 2.29 bits per heavy atom. The number of anilines is 2. The standard InChI is InChI=1S/C17H16Cl2N2O3/c1-10-7-14(15(24-2)8-13(10)19)21-17(23)9-16(22)20-12-5-3-11(18)4-6-12/h3-8H,9H2,1-2H3,(H,20,22)(H,21,23). The van der Waals surface area contributed by atoms with Gasteiger partial charge in [0.25, 0.3) is 0 Å². The van der Waals surface area contributed by atoms with Gasteiger partial charge in [0.2, 0.25) is 11.8 Å². The first-order valence-electron chi connectivity index (χ1n) is 7.08. The van der Waals surface area contributed by atoms with Crippen LogP contribution in [-0.4, -0.2) is 18.9 Å². The molecule has 5 nitrogen and oxygen atoms in total. The Kier molecular flexibility index (Phi) is 6.06. The van der Waals surface area contributed by atoms with Crippen LogP contribution in [0.15, 0.2) is 36.4 Å². The predicted molar refractivity (Wildman–Crippen MR) is 96.1 cm³/mol. The Bertz CT molecular complexity index is 761. The number of hydrogen-bond acceptors (Lipinski definition) is 3. The molecule has 0 saturated carbocycles. The molecule has 0 radical (unpaired) electrons. The van der Waals surface area contributed by atoms with E-state index >= 15 is 0 Å². The first-order chi connectivity index (χ1) is 11.4. The largest absolute Gasteiger partial charge is 0.495 e. The van der Waals surface area contributed by atoms with E-state index in [9.17, 15) is 9.59 Å². The van der Waals surface area contributed by atoms with E-state index in [1.54, 1.807) is 36.4 Å². The number of hydrogen-bond donors (Lipinski definition) is 2. The van der Waals surface area contributed by atoms with Crippen molar-refractivity contribution in [1.82, 2.24) is 0 Å². The molecule has 2 aromatic carbocycles. The Hall–Kier alpha value is -2.24.